The third-order valence-electron chi connectivity index (χ3n) is 2.48. The van der Waals surface area contributed by atoms with Crippen molar-refractivity contribution in [2.45, 2.75) is 18.9 Å². The van der Waals surface area contributed by atoms with Crippen LogP contribution in [0.1, 0.15) is 23.2 Å². The summed E-state index contributed by atoms with van der Waals surface area (Å²) in [4.78, 5) is 33.5. The number of primary amides is 1. The van der Waals surface area contributed by atoms with E-state index < -0.39 is 29.6 Å². The van der Waals surface area contributed by atoms with Crippen LogP contribution in [0.5, 0.6) is 0 Å². The van der Waals surface area contributed by atoms with Gasteiger partial charge < -0.3 is 16.2 Å². The van der Waals surface area contributed by atoms with Crippen molar-refractivity contribution in [2.75, 3.05) is 0 Å². The van der Waals surface area contributed by atoms with Crippen molar-refractivity contribution in [3.63, 3.8) is 0 Å². The Balaban J connectivity index is 2.83. The van der Waals surface area contributed by atoms with Crippen molar-refractivity contribution in [1.82, 2.24) is 5.32 Å². The molecule has 0 spiro atoms. The third-order valence-corrected chi connectivity index (χ3v) is 3.29. The second-order valence-corrected chi connectivity index (χ2v) is 4.76. The summed E-state index contributed by atoms with van der Waals surface area (Å²) in [5.41, 5.74) is 4.89. The van der Waals surface area contributed by atoms with Crippen LogP contribution < -0.4 is 11.1 Å². The molecule has 2 amide bonds. The molecule has 8 heteroatoms. The Morgan fingerprint density at radius 2 is 2.05 bits per heavy atom. The maximum absolute atomic E-state index is 13.3. The number of benzene rings is 1. The number of nitrogens with one attached hydrogen (secondary N) is 1. The van der Waals surface area contributed by atoms with E-state index in [0.29, 0.717) is 0 Å². The molecular formula is C12H12BrFN2O4. The van der Waals surface area contributed by atoms with E-state index in [1.54, 1.807) is 0 Å². The van der Waals surface area contributed by atoms with E-state index in [9.17, 15) is 18.8 Å². The number of aliphatic carboxylic acids is 1. The van der Waals surface area contributed by atoms with Gasteiger partial charge in [-0.1, -0.05) is 6.07 Å². The maximum Gasteiger partial charge on any atom is 0.326 e. The fourth-order valence-corrected chi connectivity index (χ4v) is 1.90. The van der Waals surface area contributed by atoms with Gasteiger partial charge in [-0.25, -0.2) is 9.18 Å². The van der Waals surface area contributed by atoms with Gasteiger partial charge in [0, 0.05) is 6.42 Å². The molecule has 0 aliphatic carbocycles. The van der Waals surface area contributed by atoms with Gasteiger partial charge in [0.15, 0.2) is 0 Å². The highest BCUT2D eigenvalue weighted by Gasteiger charge is 2.22. The molecule has 108 valence electrons. The molecule has 0 radical (unpaired) electrons. The number of amides is 2. The number of hydrogen-bond donors (Lipinski definition) is 3. The van der Waals surface area contributed by atoms with Crippen molar-refractivity contribution in [3.05, 3.63) is 34.1 Å². The van der Waals surface area contributed by atoms with Gasteiger partial charge in [0.25, 0.3) is 5.91 Å². The van der Waals surface area contributed by atoms with Crippen molar-refractivity contribution in [3.8, 4) is 0 Å². The largest absolute Gasteiger partial charge is 0.480 e. The maximum atomic E-state index is 13.3. The SMILES string of the molecule is NC(=O)CCC(NC(=O)c1cccc(F)c1Br)C(=O)O. The molecule has 0 saturated carbocycles. The molecule has 0 aromatic heterocycles. The lowest BCUT2D eigenvalue weighted by Crippen LogP contribution is -2.41. The molecule has 0 aliphatic rings. The lowest BCUT2D eigenvalue weighted by molar-refractivity contribution is -0.139. The van der Waals surface area contributed by atoms with Crippen LogP contribution in [0.25, 0.3) is 0 Å². The van der Waals surface area contributed by atoms with Gasteiger partial charge in [-0.15, -0.1) is 0 Å². The lowest BCUT2D eigenvalue weighted by atomic mass is 10.1. The molecule has 0 aliphatic heterocycles. The summed E-state index contributed by atoms with van der Waals surface area (Å²) in [7, 11) is 0. The first-order valence-corrected chi connectivity index (χ1v) is 6.38. The van der Waals surface area contributed by atoms with Gasteiger partial charge in [0.1, 0.15) is 11.9 Å². The molecule has 4 N–H and O–H groups in total. The van der Waals surface area contributed by atoms with Crippen molar-refractivity contribution < 1.29 is 23.9 Å². The van der Waals surface area contributed by atoms with Crippen LogP contribution in [-0.2, 0) is 9.59 Å². The fraction of sp³-hybridized carbons (Fsp3) is 0.250. The lowest BCUT2D eigenvalue weighted by Gasteiger charge is -2.14. The van der Waals surface area contributed by atoms with Crippen molar-refractivity contribution >= 4 is 33.7 Å². The summed E-state index contributed by atoms with van der Waals surface area (Å²) < 4.78 is 13.2. The van der Waals surface area contributed by atoms with Gasteiger partial charge in [-0.3, -0.25) is 9.59 Å². The Hall–Kier alpha value is -1.96. The smallest absolute Gasteiger partial charge is 0.326 e. The second-order valence-electron chi connectivity index (χ2n) is 3.97. The van der Waals surface area contributed by atoms with Gasteiger partial charge >= 0.3 is 5.97 Å². The van der Waals surface area contributed by atoms with E-state index in [1.807, 2.05) is 0 Å². The highest BCUT2D eigenvalue weighted by molar-refractivity contribution is 9.10. The van der Waals surface area contributed by atoms with Crippen LogP contribution in [0, 0.1) is 5.82 Å². The predicted octanol–water partition coefficient (Wildman–Crippen LogP) is 1.04. The molecule has 6 nitrogen and oxygen atoms in total. The number of carbonyl (C=O) groups is 3. The summed E-state index contributed by atoms with van der Waals surface area (Å²) >= 11 is 2.91. The minimum absolute atomic E-state index is 0.0321. The first-order valence-electron chi connectivity index (χ1n) is 5.59. The average Bonchev–Trinajstić information content (AvgIpc) is 2.36. The van der Waals surface area contributed by atoms with E-state index in [0.717, 1.165) is 6.07 Å². The van der Waals surface area contributed by atoms with E-state index in [4.69, 9.17) is 10.8 Å². The number of halogens is 2. The van der Waals surface area contributed by atoms with Crippen molar-refractivity contribution in [1.29, 1.82) is 0 Å². The fourth-order valence-electron chi connectivity index (χ4n) is 1.46. The number of nitrogens with two attached hydrogens (primary N) is 1. The molecule has 1 unspecified atom stereocenters. The van der Waals surface area contributed by atoms with Crippen LogP contribution in [0.2, 0.25) is 0 Å². The summed E-state index contributed by atoms with van der Waals surface area (Å²) in [5, 5.41) is 11.2. The van der Waals surface area contributed by atoms with Crippen LogP contribution in [-0.4, -0.2) is 28.9 Å². The number of carboxylic acids is 1. The highest BCUT2D eigenvalue weighted by Crippen LogP contribution is 2.20. The summed E-state index contributed by atoms with van der Waals surface area (Å²) in [6, 6.07) is 2.55. The van der Waals surface area contributed by atoms with E-state index in [1.165, 1.54) is 12.1 Å². The van der Waals surface area contributed by atoms with Gasteiger partial charge in [-0.05, 0) is 34.5 Å². The molecule has 0 fully saturated rings. The highest BCUT2D eigenvalue weighted by atomic mass is 79.9. The third kappa shape index (κ3) is 4.30. The summed E-state index contributed by atoms with van der Waals surface area (Å²) in [6.45, 7) is 0. The quantitative estimate of drug-likeness (QED) is 0.714. The molecule has 0 saturated heterocycles. The zero-order valence-corrected chi connectivity index (χ0v) is 11.8. The number of carboxylic acid groups (broad SMARTS) is 1. The summed E-state index contributed by atoms with van der Waals surface area (Å²) in [6.07, 6.45) is -0.315. The standard InChI is InChI=1S/C12H12BrFN2O4/c13-10-6(2-1-3-7(10)14)11(18)16-8(12(19)20)4-5-9(15)17/h1-3,8H,4-5H2,(H2,15,17)(H,16,18)(H,19,20). The Morgan fingerprint density at radius 3 is 2.60 bits per heavy atom. The number of rotatable bonds is 6. The van der Waals surface area contributed by atoms with Gasteiger partial charge in [0.2, 0.25) is 5.91 Å². The van der Waals surface area contributed by atoms with E-state index in [2.05, 4.69) is 21.2 Å². The first-order chi connectivity index (χ1) is 9.32. The molecule has 1 rings (SSSR count). The number of carbonyl (C=O) groups excluding carboxylic acids is 2. The van der Waals surface area contributed by atoms with Crippen LogP contribution >= 0.6 is 15.9 Å². The molecule has 0 bridgehead atoms. The van der Waals surface area contributed by atoms with Crippen molar-refractivity contribution in [2.24, 2.45) is 5.73 Å². The molecule has 1 aromatic carbocycles. The minimum Gasteiger partial charge on any atom is -0.480 e. The normalized spacial score (nSPS) is 11.7. The molecule has 1 aromatic rings. The molecule has 1 atom stereocenters. The zero-order chi connectivity index (χ0) is 15.3. The van der Waals surface area contributed by atoms with Crippen LogP contribution in [0.4, 0.5) is 4.39 Å². The van der Waals surface area contributed by atoms with Crippen LogP contribution in [0.3, 0.4) is 0 Å². The Morgan fingerprint density at radius 1 is 1.40 bits per heavy atom. The van der Waals surface area contributed by atoms with Crippen LogP contribution in [0.15, 0.2) is 22.7 Å². The predicted molar refractivity (Wildman–Crippen MR) is 71.4 cm³/mol. The Kier molecular flexibility index (Phi) is 5.63. The van der Waals surface area contributed by atoms with Gasteiger partial charge in [-0.2, -0.15) is 0 Å². The molecule has 0 heterocycles. The topological polar surface area (TPSA) is 109 Å². The van der Waals surface area contributed by atoms with E-state index >= 15 is 0 Å². The molecular weight excluding hydrogens is 335 g/mol. The molecule has 20 heavy (non-hydrogen) atoms. The minimum atomic E-state index is -1.30. The monoisotopic (exact) mass is 346 g/mol. The Labute approximate surface area is 122 Å². The average molecular weight is 347 g/mol. The second kappa shape index (κ2) is 6.99. The first kappa shape index (κ1) is 16.1. The Bertz CT molecular complexity index is 550. The number of hydrogen-bond acceptors (Lipinski definition) is 3. The zero-order valence-electron chi connectivity index (χ0n) is 10.2. The van der Waals surface area contributed by atoms with Gasteiger partial charge in [0.05, 0.1) is 10.0 Å². The van der Waals surface area contributed by atoms with E-state index in [-0.39, 0.29) is 22.9 Å². The summed E-state index contributed by atoms with van der Waals surface area (Å²) in [5.74, 6) is -3.36.